The predicted octanol–water partition coefficient (Wildman–Crippen LogP) is 4.10. The largest absolute Gasteiger partial charge is 0.494 e. The van der Waals surface area contributed by atoms with Gasteiger partial charge in [0, 0.05) is 35.9 Å². The van der Waals surface area contributed by atoms with Crippen LogP contribution in [0.25, 0.3) is 10.8 Å². The minimum Gasteiger partial charge on any atom is -0.494 e. The van der Waals surface area contributed by atoms with Gasteiger partial charge < -0.3 is 24.6 Å². The van der Waals surface area contributed by atoms with E-state index >= 15 is 4.79 Å². The number of nitrogens with zero attached hydrogens (tertiary/aromatic N) is 3. The molecule has 2 aromatic rings. The number of carboxylic acid groups (broad SMARTS) is 1. The Hall–Kier alpha value is -4.35. The Balaban J connectivity index is 1.29. The number of amides is 4. The molecule has 3 N–H and O–H groups in total. The summed E-state index contributed by atoms with van der Waals surface area (Å²) in [5.41, 5.74) is -1.68. The van der Waals surface area contributed by atoms with Gasteiger partial charge in [-0.05, 0) is 69.3 Å². The number of pyridine rings is 1. The Labute approximate surface area is 338 Å². The summed E-state index contributed by atoms with van der Waals surface area (Å²) in [6.45, 7) is 3.45. The van der Waals surface area contributed by atoms with E-state index in [1.54, 1.807) is 7.05 Å². The first kappa shape index (κ1) is 41.8. The highest BCUT2D eigenvalue weighted by molar-refractivity contribution is 7.91. The average molecular weight is 829 g/mol. The molecule has 0 bridgehead atoms. The molecule has 15 nitrogen and oxygen atoms in total. The number of ether oxygens (including phenoxy) is 3. The summed E-state index contributed by atoms with van der Waals surface area (Å²) in [6.07, 6.45) is 6.11. The molecule has 0 spiro atoms. The molecule has 4 heterocycles. The van der Waals surface area contributed by atoms with E-state index in [9.17, 15) is 32.3 Å². The quantitative estimate of drug-likeness (QED) is 0.244. The van der Waals surface area contributed by atoms with Crippen LogP contribution in [0.5, 0.6) is 11.6 Å². The van der Waals surface area contributed by atoms with Crippen LogP contribution in [0.15, 0.2) is 42.6 Å². The molecule has 2 aliphatic carbocycles. The van der Waals surface area contributed by atoms with Crippen molar-refractivity contribution in [3.8, 4) is 11.6 Å². The molecule has 58 heavy (non-hydrogen) atoms. The summed E-state index contributed by atoms with van der Waals surface area (Å²) in [5.74, 6) is -2.28. The lowest BCUT2D eigenvalue weighted by molar-refractivity contribution is -0.840. The number of nitrogens with one attached hydrogen (secondary N) is 2. The molecule has 2 saturated carbocycles. The summed E-state index contributed by atoms with van der Waals surface area (Å²) in [6, 6.07) is 4.54. The smallest absolute Gasteiger partial charge is 0.408 e. The highest BCUT2D eigenvalue weighted by Crippen LogP contribution is 2.48. The van der Waals surface area contributed by atoms with Crippen LogP contribution < -0.4 is 19.5 Å². The van der Waals surface area contributed by atoms with Gasteiger partial charge in [-0.25, -0.2) is 31.9 Å². The number of sulfonamides is 1. The van der Waals surface area contributed by atoms with Crippen LogP contribution in [0.1, 0.15) is 71.6 Å². The van der Waals surface area contributed by atoms with Crippen molar-refractivity contribution in [2.45, 2.75) is 106 Å². The number of fused-ring (bicyclic) bond motifs is 3. The highest BCUT2D eigenvalue weighted by Gasteiger charge is 2.66. The van der Waals surface area contributed by atoms with Gasteiger partial charge in [-0.15, -0.1) is 0 Å². The number of carbonyl (C=O) groups is 4. The van der Waals surface area contributed by atoms with E-state index in [1.807, 2.05) is 43.3 Å². The predicted molar refractivity (Wildman–Crippen MR) is 210 cm³/mol. The molecule has 1 aromatic carbocycles. The maximum absolute atomic E-state index is 15.5. The molecule has 1 aromatic heterocycles. The van der Waals surface area contributed by atoms with E-state index in [0.717, 1.165) is 5.39 Å². The summed E-state index contributed by atoms with van der Waals surface area (Å²) in [7, 11) is -1.26. The number of hydrogen-bond acceptors (Lipinski definition) is 10. The van der Waals surface area contributed by atoms with E-state index < -0.39 is 91.3 Å². The van der Waals surface area contributed by atoms with Crippen molar-refractivity contribution in [1.29, 1.82) is 0 Å². The molecule has 316 valence electrons. The molecule has 1 unspecified atom stereocenters. The second-order valence-electron chi connectivity index (χ2n) is 17.3. The third-order valence-electron chi connectivity index (χ3n) is 13.3. The van der Waals surface area contributed by atoms with Crippen LogP contribution in [-0.2, 0) is 29.1 Å². The number of likely N-dealkylation sites (N-methyl/N-ethyl adjacent to an activating group) is 1. The van der Waals surface area contributed by atoms with Crippen molar-refractivity contribution in [3.63, 3.8) is 0 Å². The Bertz CT molecular complexity index is 2080. The molecular formula is C41H55FN5O10S+. The van der Waals surface area contributed by atoms with Crippen molar-refractivity contribution in [2.24, 2.45) is 17.8 Å². The Kier molecular flexibility index (Phi) is 11.5. The Morgan fingerprint density at radius 2 is 1.83 bits per heavy atom. The van der Waals surface area contributed by atoms with Gasteiger partial charge >= 0.3 is 12.0 Å². The third-order valence-corrected chi connectivity index (χ3v) is 15.4. The highest BCUT2D eigenvalue weighted by atomic mass is 32.2. The number of allylic oxidation sites excluding steroid dienone is 1. The molecular weight excluding hydrogens is 774 g/mol. The number of aromatic nitrogens is 1. The van der Waals surface area contributed by atoms with E-state index in [4.69, 9.17) is 14.2 Å². The third kappa shape index (κ3) is 7.65. The van der Waals surface area contributed by atoms with E-state index in [1.165, 1.54) is 18.2 Å². The molecule has 17 heteroatoms. The van der Waals surface area contributed by atoms with Crippen LogP contribution in [0.2, 0.25) is 0 Å². The molecule has 3 aliphatic heterocycles. The number of carbonyl (C=O) groups excluding carboxylic acids is 3. The first-order valence-corrected chi connectivity index (χ1v) is 21.8. The van der Waals surface area contributed by atoms with Crippen LogP contribution in [-0.4, -0.2) is 127 Å². The number of benzene rings is 1. The number of rotatable bonds is 9. The number of methoxy groups -OCH3 is 1. The molecule has 4 amide bonds. The van der Waals surface area contributed by atoms with Crippen LogP contribution in [0.3, 0.4) is 0 Å². The summed E-state index contributed by atoms with van der Waals surface area (Å²) in [4.78, 5) is 63.6. The van der Waals surface area contributed by atoms with Crippen molar-refractivity contribution in [1.82, 2.24) is 19.9 Å². The van der Waals surface area contributed by atoms with Crippen molar-refractivity contribution in [3.05, 3.63) is 42.6 Å². The van der Waals surface area contributed by atoms with Gasteiger partial charge in [0.15, 0.2) is 18.2 Å². The van der Waals surface area contributed by atoms with Crippen LogP contribution in [0.4, 0.5) is 9.18 Å². The zero-order chi connectivity index (χ0) is 41.6. The van der Waals surface area contributed by atoms with Crippen LogP contribution >= 0.6 is 0 Å². The standard InChI is InChI=1S/C41H54FN5O10S/c1-25-9-5-6-10-27-21-41(27,38(50)45-58(53,54)40(24-42)15-16-40)44-35(48)32-20-29(57-36-31-12-8-7-11-30(31)33(55-4)22-43-36)23-47(32,3)37(49)34(26(2)19-25)46(39(51)52)28-13-17-56-18-14-28/h6-8,10-12,22,25-29,32,34H,5,9,13-21,23-24H2,1-4H3,(H2-,44,45,48,50,51,52)/p+1/b10-6-/t25-,26+,27+,29+,32-,34-,41+,47?/m0/s1. The number of quaternary nitrogens is 1. The summed E-state index contributed by atoms with van der Waals surface area (Å²) >= 11 is 0. The maximum atomic E-state index is 15.5. The molecule has 8 atom stereocenters. The van der Waals surface area contributed by atoms with E-state index in [0.29, 0.717) is 56.5 Å². The van der Waals surface area contributed by atoms with Gasteiger partial charge in [0.2, 0.25) is 15.9 Å². The first-order chi connectivity index (χ1) is 27.6. The summed E-state index contributed by atoms with van der Waals surface area (Å²) < 4.78 is 58.0. The van der Waals surface area contributed by atoms with Gasteiger partial charge in [-0.2, -0.15) is 0 Å². The van der Waals surface area contributed by atoms with Gasteiger partial charge in [0.1, 0.15) is 29.3 Å². The minimum absolute atomic E-state index is 0.0145. The van der Waals surface area contributed by atoms with Gasteiger partial charge in [0.05, 0.1) is 26.8 Å². The fourth-order valence-electron chi connectivity index (χ4n) is 9.50. The van der Waals surface area contributed by atoms with Crippen molar-refractivity contribution >= 4 is 44.6 Å². The molecule has 5 aliphatic rings. The molecule has 2 saturated heterocycles. The zero-order valence-electron chi connectivity index (χ0n) is 33.5. The number of alkyl halides is 1. The number of halogens is 1. The fourth-order valence-corrected chi connectivity index (χ4v) is 10.9. The SMILES string of the molecule is COc1cnc(O[C@@H]2C[C@H]3C(=O)N[C@]4(C(=O)NS(=O)(=O)C5(CF)CC5)C[C@H]4/C=C\CC[C@H](C)C[C@@H](C)[C@H](N(C(=O)O)C4CCOCC4)C(=O)[N+]3(C)C2)c2ccccc12. The van der Waals surface area contributed by atoms with E-state index in [2.05, 4.69) is 21.9 Å². The lowest BCUT2D eigenvalue weighted by Gasteiger charge is -2.43. The van der Waals surface area contributed by atoms with Gasteiger partial charge in [-0.3, -0.25) is 19.2 Å². The molecule has 0 radical (unpaired) electrons. The lowest BCUT2D eigenvalue weighted by Crippen LogP contribution is -2.68. The normalized spacial score (nSPS) is 33.3. The summed E-state index contributed by atoms with van der Waals surface area (Å²) in [5, 5.41) is 15.1. The Morgan fingerprint density at radius 1 is 1.12 bits per heavy atom. The Morgan fingerprint density at radius 3 is 2.48 bits per heavy atom. The maximum Gasteiger partial charge on any atom is 0.408 e. The van der Waals surface area contributed by atoms with Gasteiger partial charge in [-0.1, -0.05) is 44.2 Å². The van der Waals surface area contributed by atoms with Crippen molar-refractivity contribution < 1.29 is 55.8 Å². The average Bonchev–Trinajstić information content (AvgIpc) is 4.11. The monoisotopic (exact) mass is 828 g/mol. The minimum atomic E-state index is -4.41. The van der Waals surface area contributed by atoms with E-state index in [-0.39, 0.29) is 44.0 Å². The first-order valence-electron chi connectivity index (χ1n) is 20.3. The second kappa shape index (κ2) is 16.0. The lowest BCUT2D eigenvalue weighted by atomic mass is 9.85. The molecule has 4 fully saturated rings. The fraction of sp³-hybridized carbons (Fsp3) is 0.634. The second-order valence-corrected chi connectivity index (χ2v) is 19.4. The van der Waals surface area contributed by atoms with Crippen molar-refractivity contribution in [2.75, 3.05) is 40.6 Å². The molecule has 7 rings (SSSR count). The zero-order valence-corrected chi connectivity index (χ0v) is 34.3. The van der Waals surface area contributed by atoms with Crippen LogP contribution in [0, 0.1) is 17.8 Å². The number of hydrogen-bond donors (Lipinski definition) is 3. The van der Waals surface area contributed by atoms with Gasteiger partial charge in [0.25, 0.3) is 11.8 Å². The topological polar surface area (TPSA) is 191 Å².